The zero-order chi connectivity index (χ0) is 19.1. The number of ether oxygens (including phenoxy) is 5. The van der Waals surface area contributed by atoms with Crippen LogP contribution in [0, 0.1) is 0 Å². The molecule has 0 spiro atoms. The summed E-state index contributed by atoms with van der Waals surface area (Å²) in [5.41, 5.74) is 1.13. The predicted molar refractivity (Wildman–Crippen MR) is 93.5 cm³/mol. The minimum Gasteiger partial charge on any atom is -0.481 e. The Bertz CT molecular complexity index is 435. The van der Waals surface area contributed by atoms with Gasteiger partial charge in [0.1, 0.15) is 0 Å². The summed E-state index contributed by atoms with van der Waals surface area (Å²) in [5.74, 6) is 0.625. The fourth-order valence-electron chi connectivity index (χ4n) is 1.93. The molecule has 0 saturated carbocycles. The third kappa shape index (κ3) is 9.47. The maximum Gasteiger partial charge on any atom is 0.214 e. The molecule has 25 heavy (non-hydrogen) atoms. The standard InChI is InChI=1S/C13H22N2O3.C4H8O3/c1-5-11(14-9-13(17-3)18-4)10-6-7-12(16-2)15-8-10;1-6-4(3-5)7-2/h6-8,11,13-14H,5,9H2,1-4H3;3-4H,1-2H3. The fourth-order valence-corrected chi connectivity index (χ4v) is 1.93. The van der Waals surface area contributed by atoms with Crippen molar-refractivity contribution in [3.05, 3.63) is 23.9 Å². The molecular weight excluding hydrogens is 328 g/mol. The van der Waals surface area contributed by atoms with Crippen molar-refractivity contribution in [1.29, 1.82) is 0 Å². The summed E-state index contributed by atoms with van der Waals surface area (Å²) in [6.45, 7) is 2.76. The molecule has 0 aliphatic rings. The van der Waals surface area contributed by atoms with Crippen molar-refractivity contribution in [1.82, 2.24) is 10.3 Å². The van der Waals surface area contributed by atoms with Gasteiger partial charge < -0.3 is 29.0 Å². The van der Waals surface area contributed by atoms with Gasteiger partial charge in [-0.2, -0.15) is 0 Å². The molecule has 0 amide bonds. The summed E-state index contributed by atoms with van der Waals surface area (Å²) in [6, 6.07) is 4.11. The van der Waals surface area contributed by atoms with Crippen molar-refractivity contribution in [3.63, 3.8) is 0 Å². The van der Waals surface area contributed by atoms with E-state index in [9.17, 15) is 4.79 Å². The van der Waals surface area contributed by atoms with Gasteiger partial charge in [0, 0.05) is 53.3 Å². The van der Waals surface area contributed by atoms with Crippen LogP contribution in [0.4, 0.5) is 0 Å². The molecule has 144 valence electrons. The third-order valence-electron chi connectivity index (χ3n) is 3.41. The van der Waals surface area contributed by atoms with E-state index in [-0.39, 0.29) is 12.3 Å². The van der Waals surface area contributed by atoms with Gasteiger partial charge in [0.15, 0.2) is 12.6 Å². The number of rotatable bonds is 11. The Labute approximate surface area is 149 Å². The highest BCUT2D eigenvalue weighted by Gasteiger charge is 2.12. The monoisotopic (exact) mass is 358 g/mol. The zero-order valence-electron chi connectivity index (χ0n) is 15.9. The quantitative estimate of drug-likeness (QED) is 0.471. The molecule has 0 aliphatic heterocycles. The molecule has 0 saturated heterocycles. The Morgan fingerprint density at radius 1 is 1.08 bits per heavy atom. The minimum atomic E-state index is -0.694. The lowest BCUT2D eigenvalue weighted by atomic mass is 10.1. The molecule has 8 nitrogen and oxygen atoms in total. The number of nitrogens with zero attached hydrogens (tertiary/aromatic N) is 1. The van der Waals surface area contributed by atoms with Crippen LogP contribution >= 0.6 is 0 Å². The van der Waals surface area contributed by atoms with Crippen LogP contribution in [-0.2, 0) is 23.7 Å². The summed E-state index contributed by atoms with van der Waals surface area (Å²) in [4.78, 5) is 13.9. The summed E-state index contributed by atoms with van der Waals surface area (Å²) < 4.78 is 24.3. The van der Waals surface area contributed by atoms with E-state index in [0.717, 1.165) is 12.0 Å². The third-order valence-corrected chi connectivity index (χ3v) is 3.41. The van der Waals surface area contributed by atoms with E-state index in [0.29, 0.717) is 18.7 Å². The van der Waals surface area contributed by atoms with Crippen LogP contribution in [0.2, 0.25) is 0 Å². The van der Waals surface area contributed by atoms with Crippen LogP contribution in [0.3, 0.4) is 0 Å². The normalized spacial score (nSPS) is 11.8. The Kier molecular flexibility index (Phi) is 13.8. The first kappa shape index (κ1) is 23.4. The van der Waals surface area contributed by atoms with Gasteiger partial charge in [-0.05, 0) is 12.0 Å². The summed E-state index contributed by atoms with van der Waals surface area (Å²) in [6.07, 6.45) is 2.45. The number of hydrogen-bond donors (Lipinski definition) is 1. The molecule has 1 N–H and O–H groups in total. The lowest BCUT2D eigenvalue weighted by Crippen LogP contribution is -2.32. The van der Waals surface area contributed by atoms with Crippen LogP contribution in [0.5, 0.6) is 5.88 Å². The smallest absolute Gasteiger partial charge is 0.214 e. The van der Waals surface area contributed by atoms with Gasteiger partial charge in [0.25, 0.3) is 0 Å². The average molecular weight is 358 g/mol. The van der Waals surface area contributed by atoms with Crippen molar-refractivity contribution >= 4 is 6.29 Å². The molecule has 0 fully saturated rings. The molecule has 0 aliphatic carbocycles. The number of pyridine rings is 1. The van der Waals surface area contributed by atoms with Gasteiger partial charge >= 0.3 is 0 Å². The Morgan fingerprint density at radius 3 is 2.04 bits per heavy atom. The molecule has 1 atom stereocenters. The molecular formula is C17H30N2O6. The van der Waals surface area contributed by atoms with Crippen LogP contribution < -0.4 is 10.1 Å². The van der Waals surface area contributed by atoms with Crippen molar-refractivity contribution in [2.75, 3.05) is 42.1 Å². The van der Waals surface area contributed by atoms with Crippen LogP contribution in [-0.4, -0.2) is 65.9 Å². The number of aldehydes is 1. The summed E-state index contributed by atoms with van der Waals surface area (Å²) in [5, 5.41) is 3.39. The SMILES string of the molecule is CCC(NCC(OC)OC)c1ccc(OC)nc1.COC(C=O)OC. The Morgan fingerprint density at radius 2 is 1.72 bits per heavy atom. The fraction of sp³-hybridized carbons (Fsp3) is 0.647. The molecule has 1 heterocycles. The minimum absolute atomic E-state index is 0.231. The summed E-state index contributed by atoms with van der Waals surface area (Å²) >= 11 is 0. The van der Waals surface area contributed by atoms with Gasteiger partial charge in [0.2, 0.25) is 12.2 Å². The van der Waals surface area contributed by atoms with Crippen LogP contribution in [0.15, 0.2) is 18.3 Å². The van der Waals surface area contributed by atoms with Gasteiger partial charge in [-0.15, -0.1) is 0 Å². The predicted octanol–water partition coefficient (Wildman–Crippen LogP) is 1.55. The van der Waals surface area contributed by atoms with E-state index >= 15 is 0 Å². The average Bonchev–Trinajstić information content (AvgIpc) is 2.67. The van der Waals surface area contributed by atoms with Crippen LogP contribution in [0.1, 0.15) is 24.9 Å². The van der Waals surface area contributed by atoms with E-state index in [1.54, 1.807) is 21.3 Å². The number of carbonyl (C=O) groups is 1. The highest BCUT2D eigenvalue weighted by molar-refractivity contribution is 5.53. The van der Waals surface area contributed by atoms with E-state index in [2.05, 4.69) is 26.7 Å². The Balaban J connectivity index is 0.000000697. The molecule has 1 aromatic rings. The number of methoxy groups -OCH3 is 5. The topological polar surface area (TPSA) is 88.1 Å². The first-order chi connectivity index (χ1) is 12.1. The number of carbonyl (C=O) groups excluding carboxylic acids is 1. The zero-order valence-corrected chi connectivity index (χ0v) is 15.9. The highest BCUT2D eigenvalue weighted by atomic mass is 16.7. The highest BCUT2D eigenvalue weighted by Crippen LogP contribution is 2.17. The molecule has 8 heteroatoms. The van der Waals surface area contributed by atoms with Gasteiger partial charge in [-0.3, -0.25) is 4.79 Å². The van der Waals surface area contributed by atoms with Gasteiger partial charge in [0.05, 0.1) is 7.11 Å². The van der Waals surface area contributed by atoms with Crippen molar-refractivity contribution in [3.8, 4) is 5.88 Å². The Hall–Kier alpha value is -1.58. The van der Waals surface area contributed by atoms with Crippen molar-refractivity contribution in [2.24, 2.45) is 0 Å². The largest absolute Gasteiger partial charge is 0.481 e. The van der Waals surface area contributed by atoms with Crippen molar-refractivity contribution in [2.45, 2.75) is 32.0 Å². The van der Waals surface area contributed by atoms with E-state index in [4.69, 9.17) is 14.2 Å². The van der Waals surface area contributed by atoms with E-state index in [1.165, 1.54) is 14.2 Å². The van der Waals surface area contributed by atoms with Gasteiger partial charge in [-0.25, -0.2) is 4.98 Å². The molecule has 1 rings (SSSR count). The molecule has 1 aromatic heterocycles. The lowest BCUT2D eigenvalue weighted by Gasteiger charge is -2.20. The van der Waals surface area contributed by atoms with E-state index < -0.39 is 6.29 Å². The van der Waals surface area contributed by atoms with E-state index in [1.807, 2.05) is 18.3 Å². The maximum atomic E-state index is 9.72. The number of aromatic nitrogens is 1. The first-order valence-electron chi connectivity index (χ1n) is 7.89. The molecule has 0 aromatic carbocycles. The second kappa shape index (κ2) is 14.7. The van der Waals surface area contributed by atoms with Gasteiger partial charge in [-0.1, -0.05) is 13.0 Å². The summed E-state index contributed by atoms with van der Waals surface area (Å²) in [7, 11) is 7.68. The number of hydrogen-bond acceptors (Lipinski definition) is 8. The molecule has 0 radical (unpaired) electrons. The lowest BCUT2D eigenvalue weighted by molar-refractivity contribution is -0.143. The second-order valence-corrected chi connectivity index (χ2v) is 4.88. The maximum absolute atomic E-state index is 9.72. The molecule has 0 bridgehead atoms. The van der Waals surface area contributed by atoms with Crippen LogP contribution in [0.25, 0.3) is 0 Å². The second-order valence-electron chi connectivity index (χ2n) is 4.88. The van der Waals surface area contributed by atoms with Crippen molar-refractivity contribution < 1.29 is 28.5 Å². The molecule has 1 unspecified atom stereocenters. The number of nitrogens with one attached hydrogen (secondary N) is 1. The first-order valence-corrected chi connectivity index (χ1v) is 7.89.